The van der Waals surface area contributed by atoms with Gasteiger partial charge in [-0.1, -0.05) is 44.5 Å². The van der Waals surface area contributed by atoms with Crippen LogP contribution >= 0.6 is 23.2 Å². The van der Waals surface area contributed by atoms with Crippen molar-refractivity contribution < 1.29 is 43.5 Å². The van der Waals surface area contributed by atoms with E-state index in [2.05, 4.69) is 5.32 Å². The lowest BCUT2D eigenvalue weighted by atomic mass is 9.65. The minimum Gasteiger partial charge on any atom is -0.507 e. The van der Waals surface area contributed by atoms with Crippen LogP contribution in [0.3, 0.4) is 0 Å². The van der Waals surface area contributed by atoms with Gasteiger partial charge >= 0.3 is 25.0 Å². The Morgan fingerprint density at radius 2 is 1.71 bits per heavy atom. The number of carbonyl (C=O) groups excluding carboxylic acids is 3. The standard InChI is InChI=1S/C21H24BCl2NO9.CH4/c1-11(2)5-12(22-33-20(32)21(34-22,8-17(27)28)9-18(29)30)6-14(26)10-25-19(31)15-7-13(23)3-4-16(15)24;/h3-4,7,11-12H,5-6,8-10H2,1-2H3,(H,25,31)(H,27,28)(H,29,30);1H4/t12-;/m1./s1. The molecule has 1 fully saturated rings. The molecule has 1 aliphatic rings. The molecule has 1 aromatic rings. The Morgan fingerprint density at radius 1 is 1.11 bits per heavy atom. The van der Waals surface area contributed by atoms with E-state index in [9.17, 15) is 24.0 Å². The van der Waals surface area contributed by atoms with E-state index < -0.39 is 61.0 Å². The number of hydrogen-bond donors (Lipinski definition) is 3. The maximum Gasteiger partial charge on any atom is 0.531 e. The number of carboxylic acid groups (broad SMARTS) is 2. The summed E-state index contributed by atoms with van der Waals surface area (Å²) in [6.07, 6.45) is -1.61. The summed E-state index contributed by atoms with van der Waals surface area (Å²) in [6, 6.07) is 4.33. The van der Waals surface area contributed by atoms with Crippen LogP contribution < -0.4 is 5.32 Å². The summed E-state index contributed by atoms with van der Waals surface area (Å²) in [5.41, 5.74) is -2.08. The van der Waals surface area contributed by atoms with E-state index in [-0.39, 0.29) is 36.9 Å². The quantitative estimate of drug-likeness (QED) is 0.343. The second kappa shape index (κ2) is 12.9. The number of nitrogens with one attached hydrogen (secondary N) is 1. The van der Waals surface area contributed by atoms with Crippen molar-refractivity contribution in [3.05, 3.63) is 33.8 Å². The third-order valence-corrected chi connectivity index (χ3v) is 5.64. The van der Waals surface area contributed by atoms with E-state index in [1.807, 2.05) is 13.8 Å². The lowest BCUT2D eigenvalue weighted by Gasteiger charge is -2.23. The molecule has 1 amide bonds. The molecular weight excluding hydrogens is 504 g/mol. The number of benzene rings is 1. The first-order valence-corrected chi connectivity index (χ1v) is 11.2. The molecule has 0 unspecified atom stereocenters. The molecule has 1 saturated heterocycles. The van der Waals surface area contributed by atoms with Crippen molar-refractivity contribution in [2.75, 3.05) is 6.54 Å². The van der Waals surface area contributed by atoms with Crippen LogP contribution in [0, 0.1) is 5.92 Å². The number of carbonyl (C=O) groups is 5. The highest BCUT2D eigenvalue weighted by atomic mass is 35.5. The average Bonchev–Trinajstić information content (AvgIpc) is 3.01. The van der Waals surface area contributed by atoms with Gasteiger partial charge in [-0.25, -0.2) is 0 Å². The van der Waals surface area contributed by atoms with Gasteiger partial charge in [-0.15, -0.1) is 0 Å². The predicted molar refractivity (Wildman–Crippen MR) is 129 cm³/mol. The van der Waals surface area contributed by atoms with Crippen LogP contribution in [-0.4, -0.2) is 59.1 Å². The van der Waals surface area contributed by atoms with Crippen molar-refractivity contribution in [2.24, 2.45) is 5.92 Å². The number of Topliss-reactive ketones (excluding diaryl/α,β-unsaturated/α-hetero) is 1. The Balaban J connectivity index is 0.00000612. The molecule has 1 aromatic carbocycles. The number of rotatable bonds is 12. The van der Waals surface area contributed by atoms with Crippen molar-refractivity contribution in [3.63, 3.8) is 0 Å². The second-order valence-electron chi connectivity index (χ2n) is 8.47. The Kier molecular flexibility index (Phi) is 11.2. The molecule has 1 heterocycles. The summed E-state index contributed by atoms with van der Waals surface area (Å²) in [4.78, 5) is 59.9. The largest absolute Gasteiger partial charge is 0.531 e. The molecule has 2 rings (SSSR count). The Morgan fingerprint density at radius 3 is 2.26 bits per heavy atom. The van der Waals surface area contributed by atoms with Gasteiger partial charge in [-0.05, 0) is 30.5 Å². The highest BCUT2D eigenvalue weighted by molar-refractivity contribution is 6.51. The first-order valence-electron chi connectivity index (χ1n) is 10.4. The smallest absolute Gasteiger partial charge is 0.507 e. The summed E-state index contributed by atoms with van der Waals surface area (Å²) in [5, 5.41) is 21.2. The highest BCUT2D eigenvalue weighted by Crippen LogP contribution is 2.38. The fourth-order valence-electron chi connectivity index (χ4n) is 3.68. The number of halogens is 2. The highest BCUT2D eigenvalue weighted by Gasteiger charge is 2.57. The third-order valence-electron chi connectivity index (χ3n) is 5.08. The molecule has 0 bridgehead atoms. The summed E-state index contributed by atoms with van der Waals surface area (Å²) in [6.45, 7) is 3.37. The van der Waals surface area contributed by atoms with E-state index in [0.29, 0.717) is 11.4 Å². The van der Waals surface area contributed by atoms with Gasteiger partial charge in [-0.3, -0.25) is 24.0 Å². The van der Waals surface area contributed by atoms with E-state index in [4.69, 9.17) is 42.7 Å². The van der Waals surface area contributed by atoms with Gasteiger partial charge < -0.3 is 24.8 Å². The number of amides is 1. The Hall–Kier alpha value is -2.63. The van der Waals surface area contributed by atoms with Crippen LogP contribution in [-0.2, 0) is 28.5 Å². The van der Waals surface area contributed by atoms with E-state index in [1.165, 1.54) is 18.2 Å². The molecule has 35 heavy (non-hydrogen) atoms. The molecule has 0 aliphatic carbocycles. The van der Waals surface area contributed by atoms with Gasteiger partial charge in [0.2, 0.25) is 0 Å². The molecule has 10 nitrogen and oxygen atoms in total. The van der Waals surface area contributed by atoms with Crippen molar-refractivity contribution in [1.29, 1.82) is 0 Å². The molecule has 0 radical (unpaired) electrons. The summed E-state index contributed by atoms with van der Waals surface area (Å²) in [5.74, 6) is -5.64. The first kappa shape index (κ1) is 30.4. The van der Waals surface area contributed by atoms with Crippen molar-refractivity contribution in [3.8, 4) is 0 Å². The molecule has 13 heteroatoms. The lowest BCUT2D eigenvalue weighted by molar-refractivity contribution is -0.157. The van der Waals surface area contributed by atoms with Gasteiger partial charge in [0, 0.05) is 17.3 Å². The summed E-state index contributed by atoms with van der Waals surface area (Å²) in [7, 11) is -1.31. The van der Waals surface area contributed by atoms with Gasteiger partial charge in [0.05, 0.1) is 30.0 Å². The maximum absolute atomic E-state index is 12.6. The van der Waals surface area contributed by atoms with Gasteiger partial charge in [0.15, 0.2) is 11.4 Å². The molecule has 1 atom stereocenters. The average molecular weight is 532 g/mol. The van der Waals surface area contributed by atoms with E-state index in [0.717, 1.165) is 0 Å². The SMILES string of the molecule is C.CC(C)C[C@H](CC(=O)CNC(=O)c1cc(Cl)ccc1Cl)B1OC(=O)C(CC(=O)O)(CC(=O)O)O1. The van der Waals surface area contributed by atoms with Crippen LogP contribution in [0.25, 0.3) is 0 Å². The third kappa shape index (κ3) is 8.52. The lowest BCUT2D eigenvalue weighted by Crippen LogP contribution is -2.42. The summed E-state index contributed by atoms with van der Waals surface area (Å²) < 4.78 is 10.8. The monoisotopic (exact) mass is 531 g/mol. The number of ketones is 1. The van der Waals surface area contributed by atoms with Gasteiger partial charge in [0.1, 0.15) is 0 Å². The van der Waals surface area contributed by atoms with Crippen LogP contribution in [0.5, 0.6) is 0 Å². The van der Waals surface area contributed by atoms with E-state index in [1.54, 1.807) is 0 Å². The van der Waals surface area contributed by atoms with E-state index >= 15 is 0 Å². The molecule has 1 aliphatic heterocycles. The van der Waals surface area contributed by atoms with Gasteiger partial charge in [-0.2, -0.15) is 0 Å². The van der Waals surface area contributed by atoms with Crippen molar-refractivity contribution >= 4 is 59.9 Å². The van der Waals surface area contributed by atoms with Crippen LogP contribution in [0.1, 0.15) is 57.3 Å². The Bertz CT molecular complexity index is 970. The molecule has 192 valence electrons. The maximum atomic E-state index is 12.6. The fourth-order valence-corrected chi connectivity index (χ4v) is 4.06. The van der Waals surface area contributed by atoms with Crippen molar-refractivity contribution in [2.45, 2.75) is 58.4 Å². The molecule has 0 aromatic heterocycles. The number of carboxylic acids is 2. The van der Waals surface area contributed by atoms with Crippen LogP contribution in [0.2, 0.25) is 15.9 Å². The molecule has 0 saturated carbocycles. The second-order valence-corrected chi connectivity index (χ2v) is 9.31. The number of aliphatic carboxylic acids is 2. The van der Waals surface area contributed by atoms with Crippen LogP contribution in [0.4, 0.5) is 0 Å². The normalized spacial score (nSPS) is 15.2. The first-order chi connectivity index (χ1) is 15.8. The van der Waals surface area contributed by atoms with Crippen LogP contribution in [0.15, 0.2) is 18.2 Å². The minimum absolute atomic E-state index is 0. The molecule has 3 N–H and O–H groups in total. The minimum atomic E-state index is -2.18. The zero-order valence-electron chi connectivity index (χ0n) is 18.5. The predicted octanol–water partition coefficient (Wildman–Crippen LogP) is 3.48. The van der Waals surface area contributed by atoms with Crippen molar-refractivity contribution in [1.82, 2.24) is 5.32 Å². The molecular formula is C22H28BCl2NO9. The topological polar surface area (TPSA) is 156 Å². The number of hydrogen-bond acceptors (Lipinski definition) is 7. The zero-order valence-corrected chi connectivity index (χ0v) is 20.0. The fraction of sp³-hybridized carbons (Fsp3) is 0.500. The Labute approximate surface area is 213 Å². The zero-order chi connectivity index (χ0) is 25.6. The molecule has 0 spiro atoms. The van der Waals surface area contributed by atoms with Gasteiger partial charge in [0.25, 0.3) is 5.91 Å². The summed E-state index contributed by atoms with van der Waals surface area (Å²) >= 11 is 11.9.